The molecule has 1 aliphatic carbocycles. The van der Waals surface area contributed by atoms with Gasteiger partial charge < -0.3 is 19.7 Å². The summed E-state index contributed by atoms with van der Waals surface area (Å²) >= 11 is 0. The summed E-state index contributed by atoms with van der Waals surface area (Å²) in [4.78, 5) is 26.4. The van der Waals surface area contributed by atoms with Crippen LogP contribution in [0.1, 0.15) is 43.2 Å². The normalized spacial score (nSPS) is 16.9. The van der Waals surface area contributed by atoms with Crippen molar-refractivity contribution in [3.63, 3.8) is 0 Å². The van der Waals surface area contributed by atoms with Crippen LogP contribution in [0.4, 0.5) is 0 Å². The molecule has 1 heterocycles. The zero-order valence-electron chi connectivity index (χ0n) is 15.7. The lowest BCUT2D eigenvalue weighted by molar-refractivity contribution is -0.132. The fourth-order valence-corrected chi connectivity index (χ4v) is 3.88. The summed E-state index contributed by atoms with van der Waals surface area (Å²) in [6, 6.07) is 3.95. The molecule has 0 saturated heterocycles. The molecule has 1 aliphatic heterocycles. The van der Waals surface area contributed by atoms with Gasteiger partial charge in [-0.1, -0.05) is 12.8 Å². The van der Waals surface area contributed by atoms with Crippen LogP contribution in [0.3, 0.4) is 0 Å². The molecule has 1 saturated carbocycles. The van der Waals surface area contributed by atoms with Gasteiger partial charge in [0, 0.05) is 32.0 Å². The molecule has 1 fully saturated rings. The van der Waals surface area contributed by atoms with Gasteiger partial charge in [-0.25, -0.2) is 0 Å². The van der Waals surface area contributed by atoms with Gasteiger partial charge in [-0.05, 0) is 42.5 Å². The van der Waals surface area contributed by atoms with Crippen molar-refractivity contribution in [3.8, 4) is 11.5 Å². The van der Waals surface area contributed by atoms with Gasteiger partial charge in [0.1, 0.15) is 0 Å². The van der Waals surface area contributed by atoms with Crippen LogP contribution in [-0.2, 0) is 22.6 Å². The highest BCUT2D eigenvalue weighted by Crippen LogP contribution is 2.33. The molecular formula is C20H28N2O4. The van der Waals surface area contributed by atoms with E-state index in [0.717, 1.165) is 43.4 Å². The van der Waals surface area contributed by atoms with Crippen molar-refractivity contribution in [2.24, 2.45) is 5.92 Å². The Bertz CT molecular complexity index is 668. The van der Waals surface area contributed by atoms with Gasteiger partial charge in [0.05, 0.1) is 14.2 Å². The molecule has 0 radical (unpaired) electrons. The number of nitrogens with zero attached hydrogens (tertiary/aromatic N) is 1. The van der Waals surface area contributed by atoms with Gasteiger partial charge in [0.25, 0.3) is 0 Å². The number of carbonyl (C=O) groups is 2. The second kappa shape index (κ2) is 8.43. The van der Waals surface area contributed by atoms with E-state index in [9.17, 15) is 9.59 Å². The van der Waals surface area contributed by atoms with Crippen molar-refractivity contribution in [2.45, 2.75) is 45.1 Å². The summed E-state index contributed by atoms with van der Waals surface area (Å²) in [5, 5.41) is 2.92. The lowest BCUT2D eigenvalue weighted by Gasteiger charge is -2.29. The molecule has 1 N–H and O–H groups in total. The number of amides is 2. The van der Waals surface area contributed by atoms with Gasteiger partial charge in [-0.3, -0.25) is 9.59 Å². The van der Waals surface area contributed by atoms with Crippen LogP contribution in [0.25, 0.3) is 0 Å². The summed E-state index contributed by atoms with van der Waals surface area (Å²) in [6.45, 7) is 1.69. The van der Waals surface area contributed by atoms with Crippen LogP contribution >= 0.6 is 0 Å². The first-order chi connectivity index (χ1) is 12.6. The minimum absolute atomic E-state index is 0.0807. The van der Waals surface area contributed by atoms with Crippen molar-refractivity contribution < 1.29 is 19.1 Å². The third-order valence-electron chi connectivity index (χ3n) is 5.43. The first kappa shape index (κ1) is 18.5. The van der Waals surface area contributed by atoms with Crippen LogP contribution in [-0.4, -0.2) is 44.0 Å². The molecule has 1 aromatic rings. The molecule has 3 rings (SSSR count). The van der Waals surface area contributed by atoms with E-state index in [1.54, 1.807) is 14.2 Å². The van der Waals surface area contributed by atoms with E-state index >= 15 is 0 Å². The zero-order chi connectivity index (χ0) is 18.5. The highest BCUT2D eigenvalue weighted by Gasteiger charge is 2.24. The van der Waals surface area contributed by atoms with Crippen LogP contribution in [0.2, 0.25) is 0 Å². The SMILES string of the molecule is COc1cc2c(cc1OC)CN(C(=O)CCNC(=O)C1CCCC1)CC2. The Kier molecular flexibility index (Phi) is 6.01. The molecule has 26 heavy (non-hydrogen) atoms. The summed E-state index contributed by atoms with van der Waals surface area (Å²) in [6.07, 6.45) is 5.38. The molecule has 0 bridgehead atoms. The van der Waals surface area contributed by atoms with Gasteiger partial charge in [-0.2, -0.15) is 0 Å². The predicted molar refractivity (Wildman–Crippen MR) is 98.3 cm³/mol. The summed E-state index contributed by atoms with van der Waals surface area (Å²) in [5.74, 6) is 1.74. The molecule has 6 nitrogen and oxygen atoms in total. The van der Waals surface area contributed by atoms with Crippen molar-refractivity contribution in [1.82, 2.24) is 10.2 Å². The topological polar surface area (TPSA) is 67.9 Å². The van der Waals surface area contributed by atoms with E-state index in [1.165, 1.54) is 5.56 Å². The van der Waals surface area contributed by atoms with E-state index in [-0.39, 0.29) is 17.7 Å². The first-order valence-corrected chi connectivity index (χ1v) is 9.41. The van der Waals surface area contributed by atoms with Crippen LogP contribution in [0.15, 0.2) is 12.1 Å². The molecule has 0 atom stereocenters. The minimum atomic E-state index is 0.0807. The van der Waals surface area contributed by atoms with Crippen LogP contribution in [0.5, 0.6) is 11.5 Å². The number of hydrogen-bond acceptors (Lipinski definition) is 4. The van der Waals surface area contributed by atoms with Gasteiger partial charge in [0.15, 0.2) is 11.5 Å². The summed E-state index contributed by atoms with van der Waals surface area (Å²) in [7, 11) is 3.24. The average molecular weight is 360 g/mol. The molecular weight excluding hydrogens is 332 g/mol. The Morgan fingerprint density at radius 1 is 1.12 bits per heavy atom. The van der Waals surface area contributed by atoms with Gasteiger partial charge >= 0.3 is 0 Å². The van der Waals surface area contributed by atoms with E-state index in [0.29, 0.717) is 31.8 Å². The maximum absolute atomic E-state index is 12.5. The van der Waals surface area contributed by atoms with E-state index < -0.39 is 0 Å². The fourth-order valence-electron chi connectivity index (χ4n) is 3.88. The number of ether oxygens (including phenoxy) is 2. The van der Waals surface area contributed by atoms with E-state index in [2.05, 4.69) is 5.32 Å². The number of fused-ring (bicyclic) bond motifs is 1. The minimum Gasteiger partial charge on any atom is -0.493 e. The Hall–Kier alpha value is -2.24. The molecule has 0 unspecified atom stereocenters. The molecule has 142 valence electrons. The highest BCUT2D eigenvalue weighted by atomic mass is 16.5. The number of carbonyl (C=O) groups excluding carboxylic acids is 2. The number of hydrogen-bond donors (Lipinski definition) is 1. The molecule has 0 aromatic heterocycles. The van der Waals surface area contributed by atoms with Crippen molar-refractivity contribution in [1.29, 1.82) is 0 Å². The lowest BCUT2D eigenvalue weighted by Crippen LogP contribution is -2.38. The van der Waals surface area contributed by atoms with E-state index in [1.807, 2.05) is 17.0 Å². The summed E-state index contributed by atoms with van der Waals surface area (Å²) < 4.78 is 10.7. The standard InChI is InChI=1S/C20H28N2O4/c1-25-17-11-15-8-10-22(13-16(15)12-18(17)26-2)19(23)7-9-21-20(24)14-5-3-4-6-14/h11-12,14H,3-10,13H2,1-2H3,(H,21,24). The number of methoxy groups -OCH3 is 2. The van der Waals surface area contributed by atoms with Crippen LogP contribution < -0.4 is 14.8 Å². The predicted octanol–water partition coefficient (Wildman–Crippen LogP) is 2.29. The second-order valence-electron chi connectivity index (χ2n) is 7.06. The largest absolute Gasteiger partial charge is 0.493 e. The number of rotatable bonds is 6. The summed E-state index contributed by atoms with van der Waals surface area (Å²) in [5.41, 5.74) is 2.29. The lowest BCUT2D eigenvalue weighted by atomic mass is 9.98. The maximum Gasteiger partial charge on any atom is 0.224 e. The van der Waals surface area contributed by atoms with E-state index in [4.69, 9.17) is 9.47 Å². The third kappa shape index (κ3) is 4.11. The zero-order valence-corrected chi connectivity index (χ0v) is 15.7. The molecule has 0 spiro atoms. The maximum atomic E-state index is 12.5. The highest BCUT2D eigenvalue weighted by molar-refractivity contribution is 5.80. The fraction of sp³-hybridized carbons (Fsp3) is 0.600. The third-order valence-corrected chi connectivity index (χ3v) is 5.43. The Morgan fingerprint density at radius 3 is 2.42 bits per heavy atom. The first-order valence-electron chi connectivity index (χ1n) is 9.41. The average Bonchev–Trinajstić information content (AvgIpc) is 3.21. The molecule has 1 aromatic carbocycles. The van der Waals surface area contributed by atoms with Crippen molar-refractivity contribution in [3.05, 3.63) is 23.3 Å². The smallest absolute Gasteiger partial charge is 0.224 e. The van der Waals surface area contributed by atoms with Crippen LogP contribution in [0, 0.1) is 5.92 Å². The molecule has 6 heteroatoms. The molecule has 2 amide bonds. The second-order valence-corrected chi connectivity index (χ2v) is 7.06. The Balaban J connectivity index is 1.52. The molecule has 2 aliphatic rings. The Labute approximate surface area is 154 Å². The Morgan fingerprint density at radius 2 is 1.77 bits per heavy atom. The number of benzene rings is 1. The van der Waals surface area contributed by atoms with Crippen molar-refractivity contribution >= 4 is 11.8 Å². The van der Waals surface area contributed by atoms with Gasteiger partial charge in [-0.15, -0.1) is 0 Å². The van der Waals surface area contributed by atoms with Gasteiger partial charge in [0.2, 0.25) is 11.8 Å². The quantitative estimate of drug-likeness (QED) is 0.845. The monoisotopic (exact) mass is 360 g/mol. The van der Waals surface area contributed by atoms with Crippen molar-refractivity contribution in [2.75, 3.05) is 27.3 Å². The number of nitrogens with one attached hydrogen (secondary N) is 1.